The number of hydrogen-bond donors (Lipinski definition) is 3. The van der Waals surface area contributed by atoms with Crippen molar-refractivity contribution in [2.75, 3.05) is 18.0 Å². The van der Waals surface area contributed by atoms with Crippen LogP contribution in [0.3, 0.4) is 0 Å². The first-order chi connectivity index (χ1) is 18.7. The van der Waals surface area contributed by atoms with Crippen molar-refractivity contribution >= 4 is 16.9 Å². The fourth-order valence-corrected chi connectivity index (χ4v) is 5.49. The highest BCUT2D eigenvalue weighted by Crippen LogP contribution is 2.37. The summed E-state index contributed by atoms with van der Waals surface area (Å²) >= 11 is 0. The number of piperazine rings is 1. The van der Waals surface area contributed by atoms with Crippen LogP contribution in [-0.2, 0) is 6.54 Å². The Morgan fingerprint density at radius 3 is 2.62 bits per heavy atom. The van der Waals surface area contributed by atoms with Crippen molar-refractivity contribution in [2.24, 2.45) is 0 Å². The van der Waals surface area contributed by atoms with Crippen molar-refractivity contribution in [2.45, 2.75) is 44.5 Å². The monoisotopic (exact) mass is 522 g/mol. The number of benzene rings is 1. The molecular formula is C30H27FN6O2. The van der Waals surface area contributed by atoms with Crippen molar-refractivity contribution in [1.29, 1.82) is 5.26 Å². The van der Waals surface area contributed by atoms with E-state index in [-0.39, 0.29) is 11.6 Å². The molecule has 2 atom stereocenters. The number of anilines is 1. The van der Waals surface area contributed by atoms with Gasteiger partial charge in [-0.05, 0) is 62.6 Å². The Labute approximate surface area is 225 Å². The molecule has 4 aromatic rings. The van der Waals surface area contributed by atoms with Crippen LogP contribution in [0, 0.1) is 29.0 Å². The zero-order valence-electron chi connectivity index (χ0n) is 21.6. The normalized spacial score (nSPS) is 18.8. The molecule has 9 heteroatoms. The van der Waals surface area contributed by atoms with Gasteiger partial charge in [-0.15, -0.1) is 0 Å². The van der Waals surface area contributed by atoms with E-state index in [1.54, 1.807) is 26.2 Å². The number of nitrogens with zero attached hydrogens (tertiary/aromatic N) is 5. The van der Waals surface area contributed by atoms with Crippen LogP contribution in [-0.4, -0.2) is 60.8 Å². The van der Waals surface area contributed by atoms with Gasteiger partial charge in [-0.3, -0.25) is 4.90 Å². The summed E-state index contributed by atoms with van der Waals surface area (Å²) in [7, 11) is 0. The highest BCUT2D eigenvalue weighted by molar-refractivity contribution is 5.96. The molecule has 3 saturated heterocycles. The lowest BCUT2D eigenvalue weighted by molar-refractivity contribution is -0.00921. The summed E-state index contributed by atoms with van der Waals surface area (Å²) in [6.45, 7) is 5.34. The minimum atomic E-state index is -1.13. The molecule has 3 aliphatic rings. The molecule has 0 aliphatic carbocycles. The van der Waals surface area contributed by atoms with E-state index >= 15 is 0 Å². The molecule has 6 heterocycles. The summed E-state index contributed by atoms with van der Waals surface area (Å²) in [6.07, 6.45) is 4.39. The third-order valence-electron chi connectivity index (χ3n) is 7.38. The summed E-state index contributed by atoms with van der Waals surface area (Å²) in [4.78, 5) is 16.8. The molecule has 2 bridgehead atoms. The van der Waals surface area contributed by atoms with Gasteiger partial charge in [0, 0.05) is 66.2 Å². The summed E-state index contributed by atoms with van der Waals surface area (Å²) in [6, 6.07) is 12.7. The zero-order chi connectivity index (χ0) is 27.3. The first kappa shape index (κ1) is 24.9. The number of aromatic nitrogens is 3. The first-order valence-electron chi connectivity index (χ1n) is 12.8. The first-order valence-corrected chi connectivity index (χ1v) is 12.8. The van der Waals surface area contributed by atoms with Crippen LogP contribution in [0.1, 0.15) is 37.1 Å². The molecular weight excluding hydrogens is 495 g/mol. The van der Waals surface area contributed by atoms with Gasteiger partial charge in [0.25, 0.3) is 0 Å². The largest absolute Gasteiger partial charge is 0.508 e. The number of aliphatic hydroxyl groups is 1. The number of H-pyrrole nitrogens is 1. The summed E-state index contributed by atoms with van der Waals surface area (Å²) < 4.78 is 13.7. The Morgan fingerprint density at radius 2 is 1.92 bits per heavy atom. The van der Waals surface area contributed by atoms with Crippen molar-refractivity contribution in [3.05, 3.63) is 71.4 Å². The number of piperidine rings is 1. The predicted molar refractivity (Wildman–Crippen MR) is 145 cm³/mol. The van der Waals surface area contributed by atoms with Crippen molar-refractivity contribution < 1.29 is 14.6 Å². The summed E-state index contributed by atoms with van der Waals surface area (Å²) in [5.74, 6) is 6.36. The maximum absolute atomic E-state index is 13.7. The Morgan fingerprint density at radius 1 is 1.13 bits per heavy atom. The molecule has 1 aromatic carbocycles. The Hall–Kier alpha value is -4.44. The second kappa shape index (κ2) is 9.39. The number of pyridine rings is 2. The van der Waals surface area contributed by atoms with E-state index in [2.05, 4.69) is 37.7 Å². The van der Waals surface area contributed by atoms with Gasteiger partial charge in [-0.25, -0.2) is 14.4 Å². The van der Waals surface area contributed by atoms with E-state index < -0.39 is 5.60 Å². The Bertz CT molecular complexity index is 1660. The van der Waals surface area contributed by atoms with E-state index in [4.69, 9.17) is 4.98 Å². The molecule has 0 radical (unpaired) electrons. The van der Waals surface area contributed by atoms with Gasteiger partial charge in [0.2, 0.25) is 0 Å². The van der Waals surface area contributed by atoms with Crippen molar-refractivity contribution in [3.8, 4) is 34.8 Å². The van der Waals surface area contributed by atoms with E-state index in [1.807, 2.05) is 18.2 Å². The molecule has 196 valence electrons. The molecule has 0 spiro atoms. The summed E-state index contributed by atoms with van der Waals surface area (Å²) in [5.41, 5.74) is 2.66. The van der Waals surface area contributed by atoms with Gasteiger partial charge in [0.05, 0.1) is 11.3 Å². The van der Waals surface area contributed by atoms with Gasteiger partial charge < -0.3 is 20.1 Å². The molecule has 2 unspecified atom stereocenters. The number of fused-ring (bicyclic) bond motifs is 3. The molecule has 3 fully saturated rings. The molecule has 0 amide bonds. The standard InChI is InChI=1S/C30H27FN6O2/c1-30(2,39)8-7-22-10-25-28(20(12-32)14-34-29(25)35-22)18-3-6-27(33-13-18)36-16-23-11-24(17-36)37(23)15-19-9-21(31)4-5-26(19)38/h3-6,9-10,13-14,23-24,38-39H,11,15-17H2,1-2H3,(H,34,35). The van der Waals surface area contributed by atoms with Crippen LogP contribution in [0.4, 0.5) is 10.2 Å². The van der Waals surface area contributed by atoms with Gasteiger partial charge in [-0.1, -0.05) is 5.92 Å². The number of phenolic OH excluding ortho intramolecular Hbond substituents is 1. The highest BCUT2D eigenvalue weighted by atomic mass is 19.1. The fraction of sp³-hybridized carbons (Fsp3) is 0.300. The smallest absolute Gasteiger partial charge is 0.138 e. The number of rotatable bonds is 4. The van der Waals surface area contributed by atoms with Crippen LogP contribution >= 0.6 is 0 Å². The van der Waals surface area contributed by atoms with Crippen LogP contribution in [0.15, 0.2) is 48.8 Å². The topological polar surface area (TPSA) is 112 Å². The second-order valence-corrected chi connectivity index (χ2v) is 10.7. The number of aromatic hydroxyl groups is 1. The quantitative estimate of drug-likeness (QED) is 0.348. The second-order valence-electron chi connectivity index (χ2n) is 10.7. The summed E-state index contributed by atoms with van der Waals surface area (Å²) in [5, 5.41) is 30.6. The van der Waals surface area contributed by atoms with Crippen molar-refractivity contribution in [1.82, 2.24) is 19.9 Å². The third-order valence-corrected chi connectivity index (χ3v) is 7.38. The molecule has 7 rings (SSSR count). The average Bonchev–Trinajstić information content (AvgIpc) is 3.35. The fourth-order valence-electron chi connectivity index (χ4n) is 5.49. The Balaban J connectivity index is 1.22. The zero-order valence-corrected chi connectivity index (χ0v) is 21.6. The number of nitrogens with one attached hydrogen (secondary N) is 1. The SMILES string of the molecule is CC(C)(O)C#Cc1cc2c(-c3ccc(N4CC5CC(C4)N5Cc4cc(F)ccc4O)nc3)c(C#N)cnc2[nH]1. The maximum Gasteiger partial charge on any atom is 0.138 e. The Kier molecular flexibility index (Phi) is 5.99. The van der Waals surface area contributed by atoms with Crippen LogP contribution in [0.5, 0.6) is 5.75 Å². The molecule has 39 heavy (non-hydrogen) atoms. The number of hydrogen-bond acceptors (Lipinski definition) is 7. The lowest BCUT2D eigenvalue weighted by atomic mass is 9.86. The minimum Gasteiger partial charge on any atom is -0.508 e. The molecule has 3 N–H and O–H groups in total. The van der Waals surface area contributed by atoms with E-state index in [0.717, 1.165) is 41.8 Å². The van der Waals surface area contributed by atoms with E-state index in [1.165, 1.54) is 18.2 Å². The van der Waals surface area contributed by atoms with Crippen LogP contribution in [0.2, 0.25) is 0 Å². The highest BCUT2D eigenvalue weighted by Gasteiger charge is 2.44. The maximum atomic E-state index is 13.7. The van der Waals surface area contributed by atoms with Gasteiger partial charge >= 0.3 is 0 Å². The number of aromatic amines is 1. The third kappa shape index (κ3) is 4.79. The molecule has 3 aromatic heterocycles. The minimum absolute atomic E-state index is 0.122. The average molecular weight is 523 g/mol. The lowest BCUT2D eigenvalue weighted by Gasteiger charge is -2.56. The number of nitriles is 1. The molecule has 8 nitrogen and oxygen atoms in total. The van der Waals surface area contributed by atoms with Crippen LogP contribution in [0.25, 0.3) is 22.2 Å². The van der Waals surface area contributed by atoms with Gasteiger partial charge in [-0.2, -0.15) is 5.26 Å². The van der Waals surface area contributed by atoms with Crippen molar-refractivity contribution in [3.63, 3.8) is 0 Å². The number of phenols is 1. The van der Waals surface area contributed by atoms with E-state index in [9.17, 15) is 19.9 Å². The van der Waals surface area contributed by atoms with E-state index in [0.29, 0.717) is 41.1 Å². The molecule has 3 aliphatic heterocycles. The molecule has 0 saturated carbocycles. The number of halogens is 1. The lowest BCUT2D eigenvalue weighted by Crippen LogP contribution is -2.68. The van der Waals surface area contributed by atoms with Gasteiger partial charge in [0.15, 0.2) is 0 Å². The van der Waals surface area contributed by atoms with Gasteiger partial charge in [0.1, 0.15) is 34.7 Å². The van der Waals surface area contributed by atoms with Crippen LogP contribution < -0.4 is 4.90 Å². The predicted octanol–water partition coefficient (Wildman–Crippen LogP) is 3.93.